The largest absolute Gasteiger partial charge is 0.344 e. The van der Waals surface area contributed by atoms with E-state index in [1.807, 2.05) is 0 Å². The molecule has 1 aromatic heterocycles. The SMILES string of the molecule is O=C(CNC(=O)c1ccc(F)c(Cl)c1)N[C@H](Cc1ccccc1)C(=O)C(=O)NCc1ccccn1. The smallest absolute Gasteiger partial charge is 0.289 e. The van der Waals surface area contributed by atoms with Crippen molar-refractivity contribution in [3.8, 4) is 0 Å². The minimum atomic E-state index is -1.16. The van der Waals surface area contributed by atoms with Gasteiger partial charge in [0.25, 0.3) is 11.8 Å². The molecule has 0 bridgehead atoms. The molecule has 3 aromatic rings. The average Bonchev–Trinajstić information content (AvgIpc) is 2.87. The third-order valence-electron chi connectivity index (χ3n) is 4.91. The minimum Gasteiger partial charge on any atom is -0.344 e. The van der Waals surface area contributed by atoms with Gasteiger partial charge in [0.1, 0.15) is 11.9 Å². The molecule has 10 heteroatoms. The number of benzene rings is 2. The zero-order chi connectivity index (χ0) is 25.2. The molecule has 0 aliphatic rings. The molecule has 180 valence electrons. The molecule has 3 amide bonds. The zero-order valence-electron chi connectivity index (χ0n) is 18.5. The van der Waals surface area contributed by atoms with E-state index in [1.54, 1.807) is 54.7 Å². The fourth-order valence-electron chi connectivity index (χ4n) is 3.12. The Morgan fingerprint density at radius 1 is 0.943 bits per heavy atom. The van der Waals surface area contributed by atoms with Crippen molar-refractivity contribution in [3.63, 3.8) is 0 Å². The van der Waals surface area contributed by atoms with E-state index < -0.39 is 41.9 Å². The molecule has 0 aliphatic carbocycles. The maximum atomic E-state index is 13.3. The summed E-state index contributed by atoms with van der Waals surface area (Å²) in [6.45, 7) is -0.421. The molecule has 3 rings (SSSR count). The number of Topliss-reactive ketones (excluding diaryl/α,β-unsaturated/α-hetero) is 1. The number of aromatic nitrogens is 1. The number of hydrogen-bond donors (Lipinski definition) is 3. The van der Waals surface area contributed by atoms with Crippen LogP contribution in [0.15, 0.2) is 72.9 Å². The Hall–Kier alpha value is -4.11. The van der Waals surface area contributed by atoms with Crippen molar-refractivity contribution < 1.29 is 23.6 Å². The minimum absolute atomic E-state index is 0.0493. The maximum Gasteiger partial charge on any atom is 0.289 e. The van der Waals surface area contributed by atoms with Crippen LogP contribution in [0.4, 0.5) is 4.39 Å². The van der Waals surface area contributed by atoms with Gasteiger partial charge in [-0.3, -0.25) is 24.2 Å². The van der Waals surface area contributed by atoms with Gasteiger partial charge in [-0.2, -0.15) is 0 Å². The first kappa shape index (κ1) is 25.5. The summed E-state index contributed by atoms with van der Waals surface area (Å²) in [5.74, 6) is -3.72. The van der Waals surface area contributed by atoms with E-state index in [0.29, 0.717) is 5.69 Å². The fraction of sp³-hybridized carbons (Fsp3) is 0.160. The van der Waals surface area contributed by atoms with Crippen molar-refractivity contribution in [2.75, 3.05) is 6.54 Å². The van der Waals surface area contributed by atoms with Gasteiger partial charge in [-0.25, -0.2) is 4.39 Å². The molecule has 0 unspecified atom stereocenters. The Kier molecular flexibility index (Phi) is 9.02. The lowest BCUT2D eigenvalue weighted by Crippen LogP contribution is -2.50. The van der Waals surface area contributed by atoms with Crippen molar-refractivity contribution >= 4 is 35.1 Å². The van der Waals surface area contributed by atoms with Crippen LogP contribution in [0.5, 0.6) is 0 Å². The third-order valence-corrected chi connectivity index (χ3v) is 5.20. The molecule has 1 atom stereocenters. The molecule has 0 aliphatic heterocycles. The van der Waals surface area contributed by atoms with Crippen LogP contribution in [0.25, 0.3) is 0 Å². The number of carbonyl (C=O) groups excluding carboxylic acids is 4. The summed E-state index contributed by atoms with van der Waals surface area (Å²) in [5.41, 5.74) is 1.37. The van der Waals surface area contributed by atoms with E-state index >= 15 is 0 Å². The lowest BCUT2D eigenvalue weighted by atomic mass is 10.0. The Morgan fingerprint density at radius 2 is 1.69 bits per heavy atom. The highest BCUT2D eigenvalue weighted by atomic mass is 35.5. The lowest BCUT2D eigenvalue weighted by molar-refractivity contribution is -0.140. The van der Waals surface area contributed by atoms with E-state index in [9.17, 15) is 23.6 Å². The molecule has 0 saturated carbocycles. The normalized spacial score (nSPS) is 11.3. The highest BCUT2D eigenvalue weighted by Gasteiger charge is 2.27. The molecule has 8 nitrogen and oxygen atoms in total. The molecule has 0 fully saturated rings. The molecule has 2 aromatic carbocycles. The summed E-state index contributed by atoms with van der Waals surface area (Å²) < 4.78 is 13.3. The number of ketones is 1. The van der Waals surface area contributed by atoms with Crippen LogP contribution in [0.1, 0.15) is 21.6 Å². The van der Waals surface area contributed by atoms with Crippen LogP contribution in [-0.2, 0) is 27.3 Å². The first-order valence-electron chi connectivity index (χ1n) is 10.6. The van der Waals surface area contributed by atoms with Crippen LogP contribution < -0.4 is 16.0 Å². The second-order valence-corrected chi connectivity index (χ2v) is 7.90. The number of nitrogens with zero attached hydrogens (tertiary/aromatic N) is 1. The number of pyridine rings is 1. The Morgan fingerprint density at radius 3 is 2.37 bits per heavy atom. The Labute approximate surface area is 205 Å². The van der Waals surface area contributed by atoms with E-state index in [1.165, 1.54) is 6.07 Å². The first-order valence-corrected chi connectivity index (χ1v) is 11.0. The number of carbonyl (C=O) groups is 4. The molecule has 3 N–H and O–H groups in total. The van der Waals surface area contributed by atoms with Crippen LogP contribution in [0.3, 0.4) is 0 Å². The van der Waals surface area contributed by atoms with Crippen molar-refractivity contribution in [2.24, 2.45) is 0 Å². The molecular formula is C25H22ClFN4O4. The number of amides is 3. The summed E-state index contributed by atoms with van der Waals surface area (Å²) >= 11 is 5.68. The van der Waals surface area contributed by atoms with Gasteiger partial charge in [0.2, 0.25) is 11.7 Å². The zero-order valence-corrected chi connectivity index (χ0v) is 19.2. The van der Waals surface area contributed by atoms with Gasteiger partial charge in [-0.05, 0) is 35.9 Å². The predicted molar refractivity (Wildman–Crippen MR) is 127 cm³/mol. The van der Waals surface area contributed by atoms with Gasteiger partial charge in [0.15, 0.2) is 0 Å². The fourth-order valence-corrected chi connectivity index (χ4v) is 3.30. The summed E-state index contributed by atoms with van der Waals surface area (Å²) in [5, 5.41) is 7.16. The van der Waals surface area contributed by atoms with Gasteiger partial charge < -0.3 is 16.0 Å². The summed E-state index contributed by atoms with van der Waals surface area (Å²) in [7, 11) is 0. The number of hydrogen-bond acceptors (Lipinski definition) is 5. The van der Waals surface area contributed by atoms with E-state index in [-0.39, 0.29) is 23.6 Å². The van der Waals surface area contributed by atoms with Crippen molar-refractivity contribution in [1.82, 2.24) is 20.9 Å². The number of halogens is 2. The number of nitrogens with one attached hydrogen (secondary N) is 3. The Balaban J connectivity index is 1.62. The van der Waals surface area contributed by atoms with E-state index in [2.05, 4.69) is 20.9 Å². The predicted octanol–water partition coefficient (Wildman–Crippen LogP) is 2.22. The monoisotopic (exact) mass is 496 g/mol. The molecule has 35 heavy (non-hydrogen) atoms. The first-order chi connectivity index (χ1) is 16.8. The van der Waals surface area contributed by atoms with Crippen LogP contribution in [0, 0.1) is 5.82 Å². The number of rotatable bonds is 10. The highest BCUT2D eigenvalue weighted by molar-refractivity contribution is 6.38. The summed E-state index contributed by atoms with van der Waals surface area (Å²) in [6.07, 6.45) is 1.64. The van der Waals surface area contributed by atoms with Gasteiger partial charge in [0.05, 0.1) is 23.8 Å². The molecule has 0 radical (unpaired) electrons. The van der Waals surface area contributed by atoms with Gasteiger partial charge in [-0.1, -0.05) is 48.0 Å². The molecular weight excluding hydrogens is 475 g/mol. The Bertz CT molecular complexity index is 1210. The quantitative estimate of drug-likeness (QED) is 0.372. The van der Waals surface area contributed by atoms with Gasteiger partial charge in [-0.15, -0.1) is 0 Å². The van der Waals surface area contributed by atoms with Gasteiger partial charge >= 0.3 is 0 Å². The average molecular weight is 497 g/mol. The van der Waals surface area contributed by atoms with Gasteiger partial charge in [0, 0.05) is 18.2 Å². The highest BCUT2D eigenvalue weighted by Crippen LogP contribution is 2.15. The van der Waals surface area contributed by atoms with Crippen LogP contribution in [0.2, 0.25) is 5.02 Å². The third kappa shape index (κ3) is 7.72. The molecule has 1 heterocycles. The topological polar surface area (TPSA) is 117 Å². The van der Waals surface area contributed by atoms with E-state index in [0.717, 1.165) is 17.7 Å². The summed E-state index contributed by atoms with van der Waals surface area (Å²) in [4.78, 5) is 54.2. The lowest BCUT2D eigenvalue weighted by Gasteiger charge is -2.18. The standard InChI is InChI=1S/C25H22ClFN4O4/c26-19-13-17(9-10-20(19)27)24(34)30-15-22(32)31-21(12-16-6-2-1-3-7-16)23(33)25(35)29-14-18-8-4-5-11-28-18/h1-11,13,21H,12,14-15H2,(H,29,35)(H,30,34)(H,31,32)/t21-/m1/s1. The second kappa shape index (κ2) is 12.4. The molecule has 0 spiro atoms. The van der Waals surface area contributed by atoms with Crippen molar-refractivity contribution in [1.29, 1.82) is 0 Å². The maximum absolute atomic E-state index is 13.3. The van der Waals surface area contributed by atoms with Crippen LogP contribution >= 0.6 is 11.6 Å². The summed E-state index contributed by atoms with van der Waals surface area (Å²) in [6, 6.07) is 16.3. The van der Waals surface area contributed by atoms with E-state index in [4.69, 9.17) is 11.6 Å². The van der Waals surface area contributed by atoms with Crippen LogP contribution in [-0.4, -0.2) is 41.1 Å². The second-order valence-electron chi connectivity index (χ2n) is 7.49. The van der Waals surface area contributed by atoms with Crippen molar-refractivity contribution in [3.05, 3.63) is 101 Å². The van der Waals surface area contributed by atoms with Crippen molar-refractivity contribution in [2.45, 2.75) is 19.0 Å². The molecule has 0 saturated heterocycles.